The summed E-state index contributed by atoms with van der Waals surface area (Å²) in [4.78, 5) is 0. The van der Waals surface area contributed by atoms with E-state index < -0.39 is 11.7 Å². The molecule has 0 aliphatic carbocycles. The largest absolute Gasteiger partial charge is 0.416 e. The third-order valence-electron chi connectivity index (χ3n) is 3.64. The minimum absolute atomic E-state index is 0.617. The van der Waals surface area contributed by atoms with Crippen LogP contribution < -0.4 is 5.32 Å². The fraction of sp³-hybridized carbons (Fsp3) is 0.333. The molecule has 0 saturated heterocycles. The first-order valence-corrected chi connectivity index (χ1v) is 7.39. The highest BCUT2D eigenvalue weighted by Gasteiger charge is 2.29. The van der Waals surface area contributed by atoms with Gasteiger partial charge in [0.05, 0.1) is 5.56 Å². The summed E-state index contributed by atoms with van der Waals surface area (Å²) < 4.78 is 37.8. The summed E-state index contributed by atoms with van der Waals surface area (Å²) in [7, 11) is 0. The number of hydrogen-bond acceptors (Lipinski definition) is 1. The first-order valence-electron chi connectivity index (χ1n) is 7.39. The maximum Gasteiger partial charge on any atom is 0.416 e. The maximum atomic E-state index is 12.6. The Bertz CT molecular complexity index is 615. The van der Waals surface area contributed by atoms with Crippen molar-refractivity contribution in [1.82, 2.24) is 5.32 Å². The van der Waals surface area contributed by atoms with E-state index in [1.807, 2.05) is 25.1 Å². The van der Waals surface area contributed by atoms with Crippen molar-refractivity contribution < 1.29 is 13.2 Å². The topological polar surface area (TPSA) is 12.0 Å². The fourth-order valence-electron chi connectivity index (χ4n) is 2.29. The molecule has 0 bridgehead atoms. The normalized spacial score (nSPS) is 11.7. The molecule has 0 aromatic heterocycles. The highest BCUT2D eigenvalue weighted by atomic mass is 19.4. The molecule has 1 N–H and O–H groups in total. The summed E-state index contributed by atoms with van der Waals surface area (Å²) in [6.45, 7) is 5.87. The van der Waals surface area contributed by atoms with Crippen LogP contribution in [-0.4, -0.2) is 6.54 Å². The first-order chi connectivity index (χ1) is 10.4. The van der Waals surface area contributed by atoms with Crippen molar-refractivity contribution in [2.45, 2.75) is 33.0 Å². The molecule has 0 amide bonds. The fourth-order valence-corrected chi connectivity index (χ4v) is 2.29. The van der Waals surface area contributed by atoms with Crippen LogP contribution >= 0.6 is 0 Å². The van der Waals surface area contributed by atoms with Gasteiger partial charge in [-0.15, -0.1) is 0 Å². The van der Waals surface area contributed by atoms with E-state index in [1.165, 1.54) is 23.3 Å². The molecule has 0 atom stereocenters. The van der Waals surface area contributed by atoms with Crippen LogP contribution in [0.4, 0.5) is 13.2 Å². The second-order valence-corrected chi connectivity index (χ2v) is 5.39. The minimum Gasteiger partial charge on any atom is -0.313 e. The van der Waals surface area contributed by atoms with Crippen molar-refractivity contribution in [1.29, 1.82) is 0 Å². The van der Waals surface area contributed by atoms with Crippen LogP contribution in [0.1, 0.15) is 30.0 Å². The Hall–Kier alpha value is -1.81. The highest BCUT2D eigenvalue weighted by Crippen LogP contribution is 2.31. The van der Waals surface area contributed by atoms with Gasteiger partial charge in [-0.05, 0) is 60.3 Å². The average molecular weight is 307 g/mol. The standard InChI is InChI=1S/C18H20F3N/c1-3-10-22-12-16-11-15(5-4-13(16)2)14-6-8-17(9-7-14)18(19,20)21/h4-9,11,22H,3,10,12H2,1-2H3. The lowest BCUT2D eigenvalue weighted by atomic mass is 9.99. The summed E-state index contributed by atoms with van der Waals surface area (Å²) in [5.74, 6) is 0. The van der Waals surface area contributed by atoms with Crippen LogP contribution in [0.2, 0.25) is 0 Å². The van der Waals surface area contributed by atoms with E-state index >= 15 is 0 Å². The van der Waals surface area contributed by atoms with Gasteiger partial charge < -0.3 is 5.32 Å². The zero-order valence-electron chi connectivity index (χ0n) is 12.8. The van der Waals surface area contributed by atoms with Crippen molar-refractivity contribution in [3.05, 3.63) is 59.2 Å². The van der Waals surface area contributed by atoms with Gasteiger partial charge in [0.15, 0.2) is 0 Å². The molecule has 2 aromatic carbocycles. The Morgan fingerprint density at radius 3 is 2.18 bits per heavy atom. The van der Waals surface area contributed by atoms with E-state index in [2.05, 4.69) is 12.2 Å². The van der Waals surface area contributed by atoms with Gasteiger partial charge >= 0.3 is 6.18 Å². The Labute approximate surface area is 129 Å². The molecule has 0 unspecified atom stereocenters. The lowest BCUT2D eigenvalue weighted by Gasteiger charge is -2.11. The third kappa shape index (κ3) is 4.10. The zero-order chi connectivity index (χ0) is 16.2. The minimum atomic E-state index is -4.29. The Morgan fingerprint density at radius 2 is 1.59 bits per heavy atom. The number of halogens is 3. The van der Waals surface area contributed by atoms with E-state index in [1.54, 1.807) is 0 Å². The molecule has 118 valence electrons. The van der Waals surface area contributed by atoms with Crippen LogP contribution in [0.15, 0.2) is 42.5 Å². The smallest absolute Gasteiger partial charge is 0.313 e. The molecule has 22 heavy (non-hydrogen) atoms. The van der Waals surface area contributed by atoms with Crippen LogP contribution in [0.25, 0.3) is 11.1 Å². The van der Waals surface area contributed by atoms with E-state index in [0.29, 0.717) is 0 Å². The van der Waals surface area contributed by atoms with Crippen molar-refractivity contribution in [2.75, 3.05) is 6.54 Å². The monoisotopic (exact) mass is 307 g/mol. The van der Waals surface area contributed by atoms with Gasteiger partial charge in [-0.2, -0.15) is 13.2 Å². The molecule has 0 radical (unpaired) electrons. The Balaban J connectivity index is 2.23. The van der Waals surface area contributed by atoms with Gasteiger partial charge in [-0.25, -0.2) is 0 Å². The van der Waals surface area contributed by atoms with Crippen LogP contribution in [-0.2, 0) is 12.7 Å². The Morgan fingerprint density at radius 1 is 0.955 bits per heavy atom. The molecule has 0 aliphatic heterocycles. The molecular weight excluding hydrogens is 287 g/mol. The summed E-state index contributed by atoms with van der Waals surface area (Å²) in [5.41, 5.74) is 3.47. The number of benzene rings is 2. The second kappa shape index (κ2) is 6.97. The van der Waals surface area contributed by atoms with Crippen molar-refractivity contribution in [3.8, 4) is 11.1 Å². The number of aryl methyl sites for hydroxylation is 1. The number of rotatable bonds is 5. The van der Waals surface area contributed by atoms with Crippen molar-refractivity contribution >= 4 is 0 Å². The van der Waals surface area contributed by atoms with E-state index in [-0.39, 0.29) is 0 Å². The summed E-state index contributed by atoms with van der Waals surface area (Å²) in [5, 5.41) is 3.35. The van der Waals surface area contributed by atoms with Crippen molar-refractivity contribution in [2.24, 2.45) is 0 Å². The molecule has 0 spiro atoms. The predicted octanol–water partition coefficient (Wildman–Crippen LogP) is 5.18. The summed E-state index contributed by atoms with van der Waals surface area (Å²) in [6, 6.07) is 11.3. The molecule has 1 nitrogen and oxygen atoms in total. The molecule has 0 heterocycles. The van der Waals surface area contributed by atoms with Gasteiger partial charge in [0.1, 0.15) is 0 Å². The average Bonchev–Trinajstić information content (AvgIpc) is 2.49. The van der Waals surface area contributed by atoms with Crippen LogP contribution in [0.5, 0.6) is 0 Å². The lowest BCUT2D eigenvalue weighted by Crippen LogP contribution is -2.14. The van der Waals surface area contributed by atoms with Gasteiger partial charge in [0.25, 0.3) is 0 Å². The van der Waals surface area contributed by atoms with Crippen LogP contribution in [0.3, 0.4) is 0 Å². The SMILES string of the molecule is CCCNCc1cc(-c2ccc(C(F)(F)F)cc2)ccc1C. The number of alkyl halides is 3. The Kier molecular flexibility index (Phi) is 5.24. The molecule has 4 heteroatoms. The van der Waals surface area contributed by atoms with E-state index in [0.717, 1.165) is 42.8 Å². The number of hydrogen-bond donors (Lipinski definition) is 1. The molecule has 0 fully saturated rings. The first kappa shape index (κ1) is 16.6. The molecule has 0 saturated carbocycles. The molecule has 2 rings (SSSR count). The predicted molar refractivity (Wildman–Crippen MR) is 83.6 cm³/mol. The lowest BCUT2D eigenvalue weighted by molar-refractivity contribution is -0.137. The van der Waals surface area contributed by atoms with Crippen LogP contribution in [0, 0.1) is 6.92 Å². The van der Waals surface area contributed by atoms with E-state index in [9.17, 15) is 13.2 Å². The van der Waals surface area contributed by atoms with Gasteiger partial charge in [-0.1, -0.05) is 31.2 Å². The maximum absolute atomic E-state index is 12.6. The second-order valence-electron chi connectivity index (χ2n) is 5.39. The molecule has 0 aliphatic rings. The highest BCUT2D eigenvalue weighted by molar-refractivity contribution is 5.65. The summed E-state index contributed by atoms with van der Waals surface area (Å²) in [6.07, 6.45) is -3.22. The molecule has 2 aromatic rings. The van der Waals surface area contributed by atoms with Gasteiger partial charge in [0, 0.05) is 6.54 Å². The van der Waals surface area contributed by atoms with E-state index in [4.69, 9.17) is 0 Å². The molecular formula is C18H20F3N. The van der Waals surface area contributed by atoms with Crippen molar-refractivity contribution in [3.63, 3.8) is 0 Å². The van der Waals surface area contributed by atoms with Gasteiger partial charge in [0.2, 0.25) is 0 Å². The summed E-state index contributed by atoms with van der Waals surface area (Å²) >= 11 is 0. The third-order valence-corrected chi connectivity index (χ3v) is 3.64. The zero-order valence-corrected chi connectivity index (χ0v) is 12.8. The number of nitrogens with one attached hydrogen (secondary N) is 1. The van der Waals surface area contributed by atoms with Gasteiger partial charge in [-0.3, -0.25) is 0 Å². The quantitative estimate of drug-likeness (QED) is 0.750.